The summed E-state index contributed by atoms with van der Waals surface area (Å²) in [5.74, 6) is 1.78. The Morgan fingerprint density at radius 2 is 2.00 bits per heavy atom. The topological polar surface area (TPSA) is 44.5 Å². The second kappa shape index (κ2) is 3.50. The number of aryl methyl sites for hydroxylation is 1. The van der Waals surface area contributed by atoms with E-state index in [-0.39, 0.29) is 0 Å². The average molecular weight is 193 g/mol. The molecule has 0 atom stereocenters. The molecule has 2 N–H and O–H groups in total. The van der Waals surface area contributed by atoms with E-state index < -0.39 is 0 Å². The van der Waals surface area contributed by atoms with Gasteiger partial charge in [0.1, 0.15) is 0 Å². The highest BCUT2D eigenvalue weighted by atomic mass is 16.7. The minimum Gasteiger partial charge on any atom is -0.453 e. The predicted octanol–water partition coefficient (Wildman–Crippen LogP) is 1.53. The van der Waals surface area contributed by atoms with Crippen molar-refractivity contribution in [1.29, 1.82) is 0 Å². The first kappa shape index (κ1) is 9.34. The van der Waals surface area contributed by atoms with E-state index in [4.69, 9.17) is 15.2 Å². The van der Waals surface area contributed by atoms with Gasteiger partial charge in [0.2, 0.25) is 6.79 Å². The van der Waals surface area contributed by atoms with E-state index in [1.807, 2.05) is 0 Å². The second-order valence-corrected chi connectivity index (χ2v) is 3.58. The Kier molecular flexibility index (Phi) is 2.33. The second-order valence-electron chi connectivity index (χ2n) is 3.58. The number of nitrogens with two attached hydrogens (primary N) is 1. The highest BCUT2D eigenvalue weighted by Gasteiger charge is 2.21. The molecule has 3 heteroatoms. The average Bonchev–Trinajstić information content (AvgIpc) is 2.63. The lowest BCUT2D eigenvalue weighted by molar-refractivity contribution is 0.173. The van der Waals surface area contributed by atoms with Crippen molar-refractivity contribution in [2.45, 2.75) is 20.3 Å². The number of benzene rings is 1. The first-order valence-electron chi connectivity index (χ1n) is 4.82. The molecule has 0 aliphatic carbocycles. The summed E-state index contributed by atoms with van der Waals surface area (Å²) in [6.45, 7) is 5.10. The van der Waals surface area contributed by atoms with Crippen molar-refractivity contribution in [3.63, 3.8) is 0 Å². The van der Waals surface area contributed by atoms with Crippen molar-refractivity contribution < 1.29 is 9.47 Å². The normalized spacial score (nSPS) is 13.4. The van der Waals surface area contributed by atoms with Crippen LogP contribution in [0.5, 0.6) is 11.5 Å². The van der Waals surface area contributed by atoms with Crippen molar-refractivity contribution in [2.75, 3.05) is 13.3 Å². The third-order valence-electron chi connectivity index (χ3n) is 2.64. The lowest BCUT2D eigenvalue weighted by Gasteiger charge is -2.09. The molecule has 0 saturated heterocycles. The van der Waals surface area contributed by atoms with Crippen LogP contribution < -0.4 is 15.2 Å². The molecule has 0 saturated carbocycles. The highest BCUT2D eigenvalue weighted by molar-refractivity contribution is 5.56. The molecule has 0 fully saturated rings. The van der Waals surface area contributed by atoms with Crippen LogP contribution in [-0.2, 0) is 6.42 Å². The minimum atomic E-state index is 0.331. The van der Waals surface area contributed by atoms with E-state index in [0.29, 0.717) is 13.3 Å². The van der Waals surface area contributed by atoms with Crippen LogP contribution >= 0.6 is 0 Å². The van der Waals surface area contributed by atoms with Gasteiger partial charge in [0.25, 0.3) is 0 Å². The Labute approximate surface area is 83.8 Å². The summed E-state index contributed by atoms with van der Waals surface area (Å²) in [7, 11) is 0. The zero-order valence-corrected chi connectivity index (χ0v) is 8.59. The number of rotatable bonds is 2. The quantitative estimate of drug-likeness (QED) is 0.774. The molecule has 3 nitrogen and oxygen atoms in total. The fourth-order valence-corrected chi connectivity index (χ4v) is 1.75. The Morgan fingerprint density at radius 3 is 2.71 bits per heavy atom. The zero-order chi connectivity index (χ0) is 10.1. The van der Waals surface area contributed by atoms with Gasteiger partial charge in [-0.2, -0.15) is 0 Å². The maximum absolute atomic E-state index is 5.55. The Morgan fingerprint density at radius 1 is 1.29 bits per heavy atom. The van der Waals surface area contributed by atoms with E-state index in [1.54, 1.807) is 0 Å². The lowest BCUT2D eigenvalue weighted by atomic mass is 10.0. The summed E-state index contributed by atoms with van der Waals surface area (Å²) < 4.78 is 10.9. The molecule has 14 heavy (non-hydrogen) atoms. The molecular weight excluding hydrogens is 178 g/mol. The summed E-state index contributed by atoms with van der Waals surface area (Å²) in [5.41, 5.74) is 9.10. The van der Waals surface area contributed by atoms with Crippen LogP contribution in [0.1, 0.15) is 16.7 Å². The first-order chi connectivity index (χ1) is 6.74. The van der Waals surface area contributed by atoms with Crippen LogP contribution in [0.15, 0.2) is 6.07 Å². The molecule has 1 aromatic carbocycles. The third kappa shape index (κ3) is 1.34. The van der Waals surface area contributed by atoms with Crippen molar-refractivity contribution in [2.24, 2.45) is 5.73 Å². The van der Waals surface area contributed by atoms with Crippen LogP contribution in [0.3, 0.4) is 0 Å². The SMILES string of the molecule is Cc1cc(CCN)c2c(c1C)OCO2. The number of hydrogen-bond donors (Lipinski definition) is 1. The van der Waals surface area contributed by atoms with Gasteiger partial charge >= 0.3 is 0 Å². The lowest BCUT2D eigenvalue weighted by Crippen LogP contribution is -2.04. The van der Waals surface area contributed by atoms with E-state index >= 15 is 0 Å². The Bertz CT molecular complexity index is 361. The third-order valence-corrected chi connectivity index (χ3v) is 2.64. The summed E-state index contributed by atoms with van der Waals surface area (Å²) >= 11 is 0. The summed E-state index contributed by atoms with van der Waals surface area (Å²) in [5, 5.41) is 0. The first-order valence-corrected chi connectivity index (χ1v) is 4.82. The molecule has 1 heterocycles. The maximum Gasteiger partial charge on any atom is 0.231 e. The van der Waals surface area contributed by atoms with Crippen LogP contribution in [0.2, 0.25) is 0 Å². The van der Waals surface area contributed by atoms with Crippen LogP contribution in [0, 0.1) is 13.8 Å². The standard InChI is InChI=1S/C11H15NO2/c1-7-5-9(3-4-12)11-10(8(7)2)13-6-14-11/h5H,3-4,6,12H2,1-2H3. The monoisotopic (exact) mass is 193 g/mol. The van der Waals surface area contributed by atoms with Gasteiger partial charge < -0.3 is 15.2 Å². The summed E-state index contributed by atoms with van der Waals surface area (Å²) in [6.07, 6.45) is 0.840. The molecule has 1 aliphatic heterocycles. The highest BCUT2D eigenvalue weighted by Crippen LogP contribution is 2.40. The smallest absolute Gasteiger partial charge is 0.231 e. The molecule has 76 valence electrons. The molecular formula is C11H15NO2. The van der Waals surface area contributed by atoms with Crippen LogP contribution in [-0.4, -0.2) is 13.3 Å². The predicted molar refractivity (Wildman–Crippen MR) is 54.8 cm³/mol. The molecule has 0 unspecified atom stereocenters. The molecule has 2 rings (SSSR count). The van der Waals surface area contributed by atoms with Crippen LogP contribution in [0.4, 0.5) is 0 Å². The maximum atomic E-state index is 5.55. The Balaban J connectivity index is 2.52. The van der Waals surface area contributed by atoms with Crippen molar-refractivity contribution in [1.82, 2.24) is 0 Å². The molecule has 0 amide bonds. The van der Waals surface area contributed by atoms with Gasteiger partial charge in [-0.3, -0.25) is 0 Å². The van der Waals surface area contributed by atoms with Crippen molar-refractivity contribution in [3.05, 3.63) is 22.8 Å². The zero-order valence-electron chi connectivity index (χ0n) is 8.59. The van der Waals surface area contributed by atoms with Gasteiger partial charge in [-0.25, -0.2) is 0 Å². The number of hydrogen-bond acceptors (Lipinski definition) is 3. The van der Waals surface area contributed by atoms with Crippen molar-refractivity contribution in [3.8, 4) is 11.5 Å². The summed E-state index contributed by atoms with van der Waals surface area (Å²) in [4.78, 5) is 0. The van der Waals surface area contributed by atoms with Gasteiger partial charge in [0.05, 0.1) is 0 Å². The van der Waals surface area contributed by atoms with Gasteiger partial charge in [0.15, 0.2) is 11.5 Å². The Hall–Kier alpha value is -1.22. The molecule has 1 aliphatic rings. The number of fused-ring (bicyclic) bond motifs is 1. The molecule has 0 radical (unpaired) electrons. The van der Waals surface area contributed by atoms with E-state index in [1.165, 1.54) is 11.1 Å². The number of ether oxygens (including phenoxy) is 2. The fourth-order valence-electron chi connectivity index (χ4n) is 1.75. The van der Waals surface area contributed by atoms with Crippen LogP contribution in [0.25, 0.3) is 0 Å². The van der Waals surface area contributed by atoms with Gasteiger partial charge in [-0.15, -0.1) is 0 Å². The molecule has 0 spiro atoms. The van der Waals surface area contributed by atoms with E-state index in [0.717, 1.165) is 23.5 Å². The minimum absolute atomic E-state index is 0.331. The summed E-state index contributed by atoms with van der Waals surface area (Å²) in [6, 6.07) is 2.13. The van der Waals surface area contributed by atoms with Crippen molar-refractivity contribution >= 4 is 0 Å². The fraction of sp³-hybridized carbons (Fsp3) is 0.455. The van der Waals surface area contributed by atoms with Gasteiger partial charge in [-0.1, -0.05) is 6.07 Å². The molecule has 0 bridgehead atoms. The van der Waals surface area contributed by atoms with Gasteiger partial charge in [-0.05, 0) is 43.5 Å². The van der Waals surface area contributed by atoms with E-state index in [2.05, 4.69) is 19.9 Å². The largest absolute Gasteiger partial charge is 0.453 e. The van der Waals surface area contributed by atoms with Gasteiger partial charge in [0, 0.05) is 0 Å². The van der Waals surface area contributed by atoms with E-state index in [9.17, 15) is 0 Å². The molecule has 0 aromatic heterocycles. The molecule has 1 aromatic rings.